The van der Waals surface area contributed by atoms with Gasteiger partial charge in [-0.25, -0.2) is 15.0 Å². The standard InChI is InChI=1S/C83H51N7/c1-5-20-52(21-6-1)72-50-63(89-75-34-17-14-31-65(75)68-43-57-46-78-67(42-58(57)47-79(68)89)64-30-13-16-33-74(64)87(78)61-26-9-3-10-27-61)51-73(85-72)56-25-19-24-54(40-56)55-36-37-77-70(41-55)71-45-60-49-81-69(44-59(60)48-80(71)88(77)62-28-11-4-12-29-62)66-32-15-18-35-76(66)90(81)82-38-39-84-83(86-82)53-22-7-2-8-23-53/h1-51H. The monoisotopic (exact) mass is 1150 g/mol. The third-order valence-electron chi connectivity index (χ3n) is 18.5. The summed E-state index contributed by atoms with van der Waals surface area (Å²) < 4.78 is 9.57. The second-order valence-corrected chi connectivity index (χ2v) is 23.6. The highest BCUT2D eigenvalue weighted by atomic mass is 15.1. The molecule has 13 aromatic carbocycles. The van der Waals surface area contributed by atoms with Gasteiger partial charge in [0, 0.05) is 77.4 Å². The number of para-hydroxylation sites is 5. The topological polar surface area (TPSA) is 58.4 Å². The van der Waals surface area contributed by atoms with Gasteiger partial charge in [-0.2, -0.15) is 0 Å². The summed E-state index contributed by atoms with van der Waals surface area (Å²) in [6.07, 6.45) is 1.87. The summed E-state index contributed by atoms with van der Waals surface area (Å²) in [5.74, 6) is 1.52. The smallest absolute Gasteiger partial charge is 0.161 e. The quantitative estimate of drug-likeness (QED) is 0.152. The van der Waals surface area contributed by atoms with Crippen LogP contribution >= 0.6 is 0 Å². The Kier molecular flexibility index (Phi) is 10.9. The van der Waals surface area contributed by atoms with E-state index >= 15 is 0 Å². The number of hydrogen-bond donors (Lipinski definition) is 0. The minimum atomic E-state index is 0.693. The normalized spacial score (nSPS) is 12.0. The van der Waals surface area contributed by atoms with Crippen molar-refractivity contribution in [1.29, 1.82) is 0 Å². The van der Waals surface area contributed by atoms with Crippen molar-refractivity contribution in [1.82, 2.24) is 33.2 Å². The average molecular weight is 1150 g/mol. The number of nitrogens with zero attached hydrogens (tertiary/aromatic N) is 7. The number of hydrogen-bond acceptors (Lipinski definition) is 3. The van der Waals surface area contributed by atoms with Gasteiger partial charge in [-0.05, 0) is 160 Å². The van der Waals surface area contributed by atoms with E-state index in [9.17, 15) is 0 Å². The predicted octanol–water partition coefficient (Wildman–Crippen LogP) is 21.2. The minimum absolute atomic E-state index is 0.693. The third-order valence-corrected chi connectivity index (χ3v) is 18.5. The molecule has 0 atom stereocenters. The number of benzene rings is 13. The Morgan fingerprint density at radius 2 is 0.600 bits per heavy atom. The summed E-state index contributed by atoms with van der Waals surface area (Å²) >= 11 is 0. The Morgan fingerprint density at radius 1 is 0.211 bits per heavy atom. The first-order valence-electron chi connectivity index (χ1n) is 30.6. The van der Waals surface area contributed by atoms with Crippen LogP contribution in [0.5, 0.6) is 0 Å². The van der Waals surface area contributed by atoms with E-state index in [4.69, 9.17) is 15.0 Å². The number of rotatable bonds is 8. The van der Waals surface area contributed by atoms with Crippen molar-refractivity contribution in [2.24, 2.45) is 0 Å². The molecule has 19 rings (SSSR count). The summed E-state index contributed by atoms with van der Waals surface area (Å²) in [6.45, 7) is 0. The molecule has 0 aliphatic rings. The van der Waals surface area contributed by atoms with Gasteiger partial charge in [-0.15, -0.1) is 0 Å². The Morgan fingerprint density at radius 3 is 1.14 bits per heavy atom. The zero-order chi connectivity index (χ0) is 59.0. The molecule has 0 bridgehead atoms. The van der Waals surface area contributed by atoms with E-state index in [1.165, 1.54) is 70.3 Å². The zero-order valence-electron chi connectivity index (χ0n) is 48.6. The van der Waals surface area contributed by atoms with Crippen LogP contribution in [-0.2, 0) is 0 Å². The van der Waals surface area contributed by atoms with E-state index < -0.39 is 0 Å². The fourth-order valence-corrected chi connectivity index (χ4v) is 14.4. The van der Waals surface area contributed by atoms with Gasteiger partial charge >= 0.3 is 0 Å². The van der Waals surface area contributed by atoms with Crippen molar-refractivity contribution >= 4 is 109 Å². The number of aromatic nitrogens is 7. The molecule has 6 heterocycles. The van der Waals surface area contributed by atoms with Gasteiger partial charge in [0.1, 0.15) is 5.82 Å². The van der Waals surface area contributed by atoms with E-state index in [2.05, 4.69) is 297 Å². The number of fused-ring (bicyclic) bond motifs is 14. The molecule has 0 radical (unpaired) electrons. The van der Waals surface area contributed by atoms with Gasteiger partial charge < -0.3 is 13.7 Å². The molecular formula is C83H51N7. The van der Waals surface area contributed by atoms with Gasteiger partial charge in [-0.1, -0.05) is 176 Å². The lowest BCUT2D eigenvalue weighted by atomic mass is 9.98. The van der Waals surface area contributed by atoms with E-state index in [-0.39, 0.29) is 0 Å². The molecule has 7 heteroatoms. The van der Waals surface area contributed by atoms with Crippen molar-refractivity contribution in [3.8, 4) is 67.9 Å². The molecule has 0 aliphatic carbocycles. The van der Waals surface area contributed by atoms with Gasteiger partial charge in [0.2, 0.25) is 0 Å². The maximum Gasteiger partial charge on any atom is 0.161 e. The molecule has 0 saturated carbocycles. The maximum atomic E-state index is 5.53. The minimum Gasteiger partial charge on any atom is -0.309 e. The lowest BCUT2D eigenvalue weighted by Crippen LogP contribution is -2.00. The van der Waals surface area contributed by atoms with Crippen LogP contribution in [0, 0.1) is 0 Å². The molecule has 6 aromatic heterocycles. The SMILES string of the molecule is c1ccc(-c2cc(-n3c4ccccc4c4cc5cc6c(cc5cc43)c3ccccc3n6-c3ccccc3)cc(-c3cccc(-c4ccc5c(c4)c4cc6cc7c(cc6cc4n5-c4ccccc4)c4ccccc4n7-c4ccnc(-c5ccccc5)n4)c3)n2)cc1. The average Bonchev–Trinajstić information content (AvgIpc) is 1.62. The van der Waals surface area contributed by atoms with E-state index in [0.717, 1.165) is 101 Å². The lowest BCUT2D eigenvalue weighted by Gasteiger charge is -2.14. The summed E-state index contributed by atoms with van der Waals surface area (Å²) in [5.41, 5.74) is 19.6. The third kappa shape index (κ3) is 7.76. The second kappa shape index (κ2) is 19.7. The van der Waals surface area contributed by atoms with E-state index in [1.54, 1.807) is 0 Å². The Balaban J connectivity index is 0.774. The lowest BCUT2D eigenvalue weighted by molar-refractivity contribution is 1.04. The van der Waals surface area contributed by atoms with Crippen molar-refractivity contribution in [2.75, 3.05) is 0 Å². The molecule has 0 aliphatic heterocycles. The highest BCUT2D eigenvalue weighted by Gasteiger charge is 2.22. The van der Waals surface area contributed by atoms with Crippen LogP contribution < -0.4 is 0 Å². The zero-order valence-corrected chi connectivity index (χ0v) is 48.6. The second-order valence-electron chi connectivity index (χ2n) is 23.6. The molecule has 418 valence electrons. The van der Waals surface area contributed by atoms with E-state index in [0.29, 0.717) is 5.82 Å². The van der Waals surface area contributed by atoms with Crippen LogP contribution in [-0.4, -0.2) is 33.2 Å². The van der Waals surface area contributed by atoms with Crippen LogP contribution in [0.2, 0.25) is 0 Å². The van der Waals surface area contributed by atoms with Gasteiger partial charge in [0.25, 0.3) is 0 Å². The summed E-state index contributed by atoms with van der Waals surface area (Å²) in [4.78, 5) is 15.4. The van der Waals surface area contributed by atoms with Crippen molar-refractivity contribution in [3.05, 3.63) is 310 Å². The molecule has 90 heavy (non-hydrogen) atoms. The molecule has 0 unspecified atom stereocenters. The van der Waals surface area contributed by atoms with Crippen LogP contribution in [0.15, 0.2) is 310 Å². The molecule has 7 nitrogen and oxygen atoms in total. The van der Waals surface area contributed by atoms with Gasteiger partial charge in [0.15, 0.2) is 5.82 Å². The molecule has 19 aromatic rings. The molecule has 0 N–H and O–H groups in total. The highest BCUT2D eigenvalue weighted by Crippen LogP contribution is 2.44. The fourth-order valence-electron chi connectivity index (χ4n) is 14.4. The largest absolute Gasteiger partial charge is 0.309 e. The Hall–Kier alpha value is -12.2. The predicted molar refractivity (Wildman–Crippen MR) is 374 cm³/mol. The number of pyridine rings is 1. The van der Waals surface area contributed by atoms with Crippen molar-refractivity contribution in [3.63, 3.8) is 0 Å². The molecule has 0 fully saturated rings. The first kappa shape index (κ1) is 50.0. The summed E-state index contributed by atoms with van der Waals surface area (Å²) in [6, 6.07) is 110. The van der Waals surface area contributed by atoms with Crippen molar-refractivity contribution < 1.29 is 0 Å². The van der Waals surface area contributed by atoms with Crippen LogP contribution in [0.4, 0.5) is 0 Å². The first-order chi connectivity index (χ1) is 44.6. The van der Waals surface area contributed by atoms with E-state index in [1.807, 2.05) is 30.5 Å². The molecule has 0 spiro atoms. The summed E-state index contributed by atoms with van der Waals surface area (Å²) in [7, 11) is 0. The first-order valence-corrected chi connectivity index (χ1v) is 30.6. The van der Waals surface area contributed by atoms with Crippen LogP contribution in [0.1, 0.15) is 0 Å². The van der Waals surface area contributed by atoms with Crippen LogP contribution in [0.3, 0.4) is 0 Å². The van der Waals surface area contributed by atoms with Gasteiger partial charge in [-0.3, -0.25) is 4.57 Å². The van der Waals surface area contributed by atoms with Gasteiger partial charge in [0.05, 0.1) is 61.2 Å². The molecule has 0 amide bonds. The van der Waals surface area contributed by atoms with Crippen LogP contribution in [0.25, 0.3) is 177 Å². The Labute approximate surface area is 516 Å². The fraction of sp³-hybridized carbons (Fsp3) is 0. The maximum absolute atomic E-state index is 5.53. The highest BCUT2D eigenvalue weighted by molar-refractivity contribution is 6.20. The molecular weight excluding hydrogens is 1090 g/mol. The van der Waals surface area contributed by atoms with Crippen molar-refractivity contribution in [2.45, 2.75) is 0 Å². The molecule has 0 saturated heterocycles. The summed E-state index contributed by atoms with van der Waals surface area (Å²) in [5, 5.41) is 14.3. The Bertz CT molecular complexity index is 6130.